The molecule has 0 aliphatic carbocycles. The average Bonchev–Trinajstić information content (AvgIpc) is 2.27. The number of hydrogen-bond donors (Lipinski definition) is 4. The zero-order valence-corrected chi connectivity index (χ0v) is 12.2. The molecule has 0 fully saturated rings. The molecule has 1 atom stereocenters. The van der Waals surface area contributed by atoms with Crippen molar-refractivity contribution >= 4 is 21.8 Å². The quantitative estimate of drug-likeness (QED) is 0.198. The first-order valence-electron chi connectivity index (χ1n) is 5.97. The fourth-order valence-electron chi connectivity index (χ4n) is 1.55. The second kappa shape index (κ2) is 7.95. The molecule has 0 aliphatic heterocycles. The van der Waals surface area contributed by atoms with Crippen LogP contribution >= 0.6 is 0 Å². The average molecular weight is 294 g/mol. The van der Waals surface area contributed by atoms with Crippen molar-refractivity contribution in [2.75, 3.05) is 18.8 Å². The van der Waals surface area contributed by atoms with E-state index in [2.05, 4.69) is 15.2 Å². The molecule has 0 heterocycles. The molecule has 0 bridgehead atoms. The first kappa shape index (κ1) is 17.6. The molecule has 0 saturated heterocycles. The number of nitrogens with one attached hydrogen (secondary N) is 2. The van der Waals surface area contributed by atoms with Crippen LogP contribution in [0, 0.1) is 11.8 Å². The van der Waals surface area contributed by atoms with Crippen molar-refractivity contribution < 1.29 is 18.4 Å². The van der Waals surface area contributed by atoms with Crippen molar-refractivity contribution in [2.24, 2.45) is 22.7 Å². The Morgan fingerprint density at radius 2 is 2.00 bits per heavy atom. The van der Waals surface area contributed by atoms with Gasteiger partial charge in [0, 0.05) is 13.1 Å². The third kappa shape index (κ3) is 6.39. The van der Waals surface area contributed by atoms with Gasteiger partial charge in [-0.15, -0.1) is 0 Å². The number of nitrogens with two attached hydrogens (primary N) is 1. The molecular weight excluding hydrogens is 272 g/mol. The molecule has 1 unspecified atom stereocenters. The lowest BCUT2D eigenvalue weighted by atomic mass is 9.94. The van der Waals surface area contributed by atoms with E-state index in [-0.39, 0.29) is 24.1 Å². The van der Waals surface area contributed by atoms with E-state index in [0.717, 1.165) is 0 Å². The number of nitrogens with zero attached hydrogens (tertiary/aromatic N) is 1. The van der Waals surface area contributed by atoms with E-state index in [4.69, 9.17) is 10.9 Å². The fraction of sp³-hybridized carbons (Fsp3) is 0.800. The number of carbonyl (C=O) groups excluding carboxylic acids is 1. The lowest BCUT2D eigenvalue weighted by molar-refractivity contribution is -0.123. The van der Waals surface area contributed by atoms with Crippen LogP contribution in [-0.2, 0) is 14.8 Å². The van der Waals surface area contributed by atoms with Crippen molar-refractivity contribution in [1.82, 2.24) is 10.0 Å². The molecule has 9 heteroatoms. The second-order valence-electron chi connectivity index (χ2n) is 4.35. The van der Waals surface area contributed by atoms with Gasteiger partial charge in [-0.05, 0) is 5.92 Å². The number of carbonyl (C=O) groups is 1. The molecule has 0 saturated carbocycles. The Balaban J connectivity index is 4.45. The van der Waals surface area contributed by atoms with Gasteiger partial charge in [0.05, 0.1) is 5.75 Å². The van der Waals surface area contributed by atoms with E-state index in [0.29, 0.717) is 6.54 Å². The van der Waals surface area contributed by atoms with Crippen molar-refractivity contribution in [2.45, 2.75) is 20.8 Å². The molecule has 8 nitrogen and oxygen atoms in total. The van der Waals surface area contributed by atoms with Crippen LogP contribution in [0.5, 0.6) is 0 Å². The van der Waals surface area contributed by atoms with Crippen LogP contribution in [0.3, 0.4) is 0 Å². The Labute approximate surface area is 113 Å². The number of hydrogen-bond acceptors (Lipinski definition) is 5. The maximum Gasteiger partial charge on any atom is 0.231 e. The largest absolute Gasteiger partial charge is 0.409 e. The highest BCUT2D eigenvalue weighted by atomic mass is 32.2. The Kier molecular flexibility index (Phi) is 7.38. The Hall–Kier alpha value is -1.35. The van der Waals surface area contributed by atoms with Crippen molar-refractivity contribution in [3.8, 4) is 0 Å². The van der Waals surface area contributed by atoms with Gasteiger partial charge in [-0.25, -0.2) is 13.1 Å². The fourth-order valence-corrected chi connectivity index (χ4v) is 2.51. The van der Waals surface area contributed by atoms with Gasteiger partial charge in [0.1, 0.15) is 5.92 Å². The predicted molar refractivity (Wildman–Crippen MR) is 72.2 cm³/mol. The van der Waals surface area contributed by atoms with Crippen LogP contribution in [0.25, 0.3) is 0 Å². The molecule has 0 aliphatic rings. The van der Waals surface area contributed by atoms with E-state index in [1.807, 2.05) is 0 Å². The molecule has 0 aromatic rings. The Morgan fingerprint density at radius 3 is 2.42 bits per heavy atom. The van der Waals surface area contributed by atoms with Crippen LogP contribution < -0.4 is 15.8 Å². The third-order valence-corrected chi connectivity index (χ3v) is 3.89. The van der Waals surface area contributed by atoms with E-state index in [9.17, 15) is 13.2 Å². The number of sulfonamides is 1. The summed E-state index contributed by atoms with van der Waals surface area (Å²) in [5, 5.41) is 13.9. The first-order valence-corrected chi connectivity index (χ1v) is 7.62. The summed E-state index contributed by atoms with van der Waals surface area (Å²) in [5.74, 6) is -1.82. The second-order valence-corrected chi connectivity index (χ2v) is 6.28. The monoisotopic (exact) mass is 294 g/mol. The summed E-state index contributed by atoms with van der Waals surface area (Å²) >= 11 is 0. The van der Waals surface area contributed by atoms with E-state index in [1.165, 1.54) is 0 Å². The minimum absolute atomic E-state index is 0.0317. The van der Waals surface area contributed by atoms with Gasteiger partial charge in [0.2, 0.25) is 15.9 Å². The van der Waals surface area contributed by atoms with Crippen LogP contribution in [0.15, 0.2) is 5.16 Å². The maximum atomic E-state index is 11.8. The molecule has 0 aromatic carbocycles. The molecule has 5 N–H and O–H groups in total. The molecule has 0 radical (unpaired) electrons. The van der Waals surface area contributed by atoms with Gasteiger partial charge in [-0.1, -0.05) is 25.9 Å². The van der Waals surface area contributed by atoms with E-state index in [1.54, 1.807) is 20.8 Å². The van der Waals surface area contributed by atoms with Gasteiger partial charge < -0.3 is 16.3 Å². The lowest BCUT2D eigenvalue weighted by Gasteiger charge is -2.18. The summed E-state index contributed by atoms with van der Waals surface area (Å²) in [6.07, 6.45) is 0. The summed E-state index contributed by atoms with van der Waals surface area (Å²) in [6.45, 7) is 5.43. The normalized spacial score (nSPS) is 14.4. The Bertz CT molecular complexity index is 419. The summed E-state index contributed by atoms with van der Waals surface area (Å²) < 4.78 is 25.0. The number of amidine groups is 1. The van der Waals surface area contributed by atoms with Gasteiger partial charge in [0.15, 0.2) is 5.84 Å². The van der Waals surface area contributed by atoms with Gasteiger partial charge in [0.25, 0.3) is 0 Å². The highest BCUT2D eigenvalue weighted by Crippen LogP contribution is 2.11. The van der Waals surface area contributed by atoms with E-state index >= 15 is 0 Å². The predicted octanol–water partition coefficient (Wildman–Crippen LogP) is -0.939. The maximum absolute atomic E-state index is 11.8. The summed E-state index contributed by atoms with van der Waals surface area (Å²) in [5.41, 5.74) is 5.43. The van der Waals surface area contributed by atoms with Gasteiger partial charge >= 0.3 is 0 Å². The molecule has 0 spiro atoms. The molecule has 0 rings (SSSR count). The Morgan fingerprint density at radius 1 is 1.42 bits per heavy atom. The highest BCUT2D eigenvalue weighted by Gasteiger charge is 2.26. The topological polar surface area (TPSA) is 134 Å². The summed E-state index contributed by atoms with van der Waals surface area (Å²) in [6, 6.07) is 0. The molecule has 112 valence electrons. The zero-order chi connectivity index (χ0) is 15.1. The van der Waals surface area contributed by atoms with Crippen molar-refractivity contribution in [3.05, 3.63) is 0 Å². The van der Waals surface area contributed by atoms with Crippen molar-refractivity contribution in [1.29, 1.82) is 0 Å². The smallest absolute Gasteiger partial charge is 0.231 e. The van der Waals surface area contributed by atoms with Crippen molar-refractivity contribution in [3.63, 3.8) is 0 Å². The number of amides is 1. The molecule has 0 aromatic heterocycles. The van der Waals surface area contributed by atoms with Gasteiger partial charge in [-0.2, -0.15) is 0 Å². The molecule has 19 heavy (non-hydrogen) atoms. The molecular formula is C10H22N4O4S. The number of rotatable bonds is 8. The van der Waals surface area contributed by atoms with E-state index < -0.39 is 21.8 Å². The SMILES string of the molecule is CCNS(=O)(=O)CCNC(=O)C(C(N)=NO)C(C)C. The summed E-state index contributed by atoms with van der Waals surface area (Å²) in [4.78, 5) is 11.8. The third-order valence-electron chi connectivity index (χ3n) is 2.42. The first-order chi connectivity index (χ1) is 8.75. The van der Waals surface area contributed by atoms with Crippen LogP contribution in [0.1, 0.15) is 20.8 Å². The lowest BCUT2D eigenvalue weighted by Crippen LogP contribution is -2.43. The minimum Gasteiger partial charge on any atom is -0.409 e. The summed E-state index contributed by atoms with van der Waals surface area (Å²) in [7, 11) is -3.37. The highest BCUT2D eigenvalue weighted by molar-refractivity contribution is 7.89. The standard InChI is InChI=1S/C10H22N4O4S/c1-4-13-19(17,18)6-5-12-10(15)8(7(2)3)9(11)14-16/h7-8,13,16H,4-6H2,1-3H3,(H2,11,14)(H,12,15). The number of oxime groups is 1. The van der Waals surface area contributed by atoms with Crippen LogP contribution in [-0.4, -0.2) is 44.2 Å². The zero-order valence-electron chi connectivity index (χ0n) is 11.4. The molecule has 1 amide bonds. The van der Waals surface area contributed by atoms with Gasteiger partial charge in [-0.3, -0.25) is 4.79 Å². The minimum atomic E-state index is -3.37. The van der Waals surface area contributed by atoms with Crippen LogP contribution in [0.2, 0.25) is 0 Å². The van der Waals surface area contributed by atoms with Crippen LogP contribution in [0.4, 0.5) is 0 Å².